The van der Waals surface area contributed by atoms with Crippen LogP contribution in [0.5, 0.6) is 0 Å². The van der Waals surface area contributed by atoms with E-state index in [0.29, 0.717) is 18.5 Å². The number of hydrogen-bond acceptors (Lipinski definition) is 5. The number of anilines is 1. The molecule has 0 radical (unpaired) electrons. The van der Waals surface area contributed by atoms with Crippen LogP contribution in [0, 0.1) is 5.92 Å². The lowest BCUT2D eigenvalue weighted by molar-refractivity contribution is 0.381. The van der Waals surface area contributed by atoms with Crippen molar-refractivity contribution in [2.45, 2.75) is 25.8 Å². The van der Waals surface area contributed by atoms with Gasteiger partial charge in [0.25, 0.3) is 0 Å². The predicted molar refractivity (Wildman–Crippen MR) is 84.5 cm³/mol. The standard InChI is InChI=1S/C15H20N4O.ClH/c16-11-14-17-18-15(20-14)19-8-6-13(7-9-19)10-12-4-2-1-3-5-12;/h1-5,13H,6-11,16H2;1H. The second kappa shape index (κ2) is 7.43. The minimum atomic E-state index is 0. The molecule has 6 heteroatoms. The summed E-state index contributed by atoms with van der Waals surface area (Å²) in [4.78, 5) is 2.16. The zero-order valence-corrected chi connectivity index (χ0v) is 12.8. The van der Waals surface area contributed by atoms with Gasteiger partial charge in [0.2, 0.25) is 5.89 Å². The Morgan fingerprint density at radius 1 is 1.14 bits per heavy atom. The molecular weight excluding hydrogens is 288 g/mol. The molecule has 0 bridgehead atoms. The number of benzene rings is 1. The zero-order chi connectivity index (χ0) is 13.8. The molecule has 0 atom stereocenters. The minimum Gasteiger partial charge on any atom is -0.407 e. The molecule has 0 spiro atoms. The van der Waals surface area contributed by atoms with Crippen molar-refractivity contribution in [3.8, 4) is 0 Å². The molecule has 1 aromatic heterocycles. The van der Waals surface area contributed by atoms with Crippen LogP contribution in [0.3, 0.4) is 0 Å². The first-order valence-electron chi connectivity index (χ1n) is 7.16. The van der Waals surface area contributed by atoms with Crippen molar-refractivity contribution in [2.24, 2.45) is 11.7 Å². The fourth-order valence-electron chi connectivity index (χ4n) is 2.73. The van der Waals surface area contributed by atoms with E-state index in [0.717, 1.165) is 38.3 Å². The Morgan fingerprint density at radius 3 is 2.48 bits per heavy atom. The summed E-state index contributed by atoms with van der Waals surface area (Å²) in [7, 11) is 0. The summed E-state index contributed by atoms with van der Waals surface area (Å²) < 4.78 is 5.50. The third kappa shape index (κ3) is 3.95. The van der Waals surface area contributed by atoms with E-state index in [1.165, 1.54) is 5.56 Å². The number of aromatic nitrogens is 2. The molecule has 1 fully saturated rings. The van der Waals surface area contributed by atoms with Crippen molar-refractivity contribution < 1.29 is 4.42 Å². The summed E-state index contributed by atoms with van der Waals surface area (Å²) in [6.45, 7) is 2.25. The number of hydrogen-bond donors (Lipinski definition) is 1. The molecule has 1 saturated heterocycles. The third-order valence-corrected chi connectivity index (χ3v) is 3.88. The average molecular weight is 309 g/mol. The molecule has 3 rings (SSSR count). The summed E-state index contributed by atoms with van der Waals surface area (Å²) in [6.07, 6.45) is 3.48. The molecule has 0 unspecified atom stereocenters. The zero-order valence-electron chi connectivity index (χ0n) is 11.9. The van der Waals surface area contributed by atoms with Crippen molar-refractivity contribution in [1.82, 2.24) is 10.2 Å². The molecule has 1 aliphatic heterocycles. The SMILES string of the molecule is Cl.NCc1nnc(N2CCC(Cc3ccccc3)CC2)o1. The maximum Gasteiger partial charge on any atom is 0.318 e. The third-order valence-electron chi connectivity index (χ3n) is 3.88. The van der Waals surface area contributed by atoms with Gasteiger partial charge in [0, 0.05) is 13.1 Å². The fourth-order valence-corrected chi connectivity index (χ4v) is 2.73. The smallest absolute Gasteiger partial charge is 0.318 e. The summed E-state index contributed by atoms with van der Waals surface area (Å²) >= 11 is 0. The molecule has 21 heavy (non-hydrogen) atoms. The van der Waals surface area contributed by atoms with Gasteiger partial charge in [-0.15, -0.1) is 17.5 Å². The highest BCUT2D eigenvalue weighted by atomic mass is 35.5. The van der Waals surface area contributed by atoms with E-state index in [4.69, 9.17) is 10.2 Å². The van der Waals surface area contributed by atoms with Crippen LogP contribution in [0.2, 0.25) is 0 Å². The molecule has 114 valence electrons. The molecule has 5 nitrogen and oxygen atoms in total. The van der Waals surface area contributed by atoms with Crippen molar-refractivity contribution in [3.05, 3.63) is 41.8 Å². The van der Waals surface area contributed by atoms with Crippen molar-refractivity contribution in [2.75, 3.05) is 18.0 Å². The lowest BCUT2D eigenvalue weighted by atomic mass is 9.90. The Bertz CT molecular complexity index is 538. The number of halogens is 1. The maximum atomic E-state index is 5.50. The molecule has 2 aromatic rings. The Hall–Kier alpha value is -1.59. The van der Waals surface area contributed by atoms with Gasteiger partial charge in [-0.25, -0.2) is 0 Å². The second-order valence-corrected chi connectivity index (χ2v) is 5.30. The van der Waals surface area contributed by atoms with Gasteiger partial charge in [0.05, 0.1) is 6.54 Å². The summed E-state index contributed by atoms with van der Waals surface area (Å²) in [5, 5.41) is 7.96. The van der Waals surface area contributed by atoms with Gasteiger partial charge < -0.3 is 15.1 Å². The first-order chi connectivity index (χ1) is 9.85. The van der Waals surface area contributed by atoms with Gasteiger partial charge in [-0.2, -0.15) is 0 Å². The minimum absolute atomic E-state index is 0. The Labute approximate surface area is 130 Å². The van der Waals surface area contributed by atoms with Gasteiger partial charge in [0.15, 0.2) is 0 Å². The van der Waals surface area contributed by atoms with Gasteiger partial charge in [-0.1, -0.05) is 35.4 Å². The van der Waals surface area contributed by atoms with E-state index in [9.17, 15) is 0 Å². The topological polar surface area (TPSA) is 68.2 Å². The molecule has 0 saturated carbocycles. The van der Waals surface area contributed by atoms with Gasteiger partial charge in [-0.05, 0) is 30.7 Å². The normalized spacial score (nSPS) is 15.8. The summed E-state index contributed by atoms with van der Waals surface area (Å²) in [5.41, 5.74) is 6.91. The lowest BCUT2D eigenvalue weighted by Crippen LogP contribution is -2.34. The van der Waals surface area contributed by atoms with Gasteiger partial charge >= 0.3 is 6.01 Å². The highest BCUT2D eigenvalue weighted by molar-refractivity contribution is 5.85. The average Bonchev–Trinajstić information content (AvgIpc) is 2.98. The summed E-state index contributed by atoms with van der Waals surface area (Å²) in [6, 6.07) is 11.3. The molecule has 1 aliphatic rings. The second-order valence-electron chi connectivity index (χ2n) is 5.30. The van der Waals surface area contributed by atoms with E-state index >= 15 is 0 Å². The number of piperidine rings is 1. The molecule has 2 N–H and O–H groups in total. The van der Waals surface area contributed by atoms with Crippen LogP contribution < -0.4 is 10.6 Å². The Morgan fingerprint density at radius 2 is 1.86 bits per heavy atom. The lowest BCUT2D eigenvalue weighted by Gasteiger charge is -2.30. The Balaban J connectivity index is 0.00000161. The Kier molecular flexibility index (Phi) is 5.59. The van der Waals surface area contributed by atoms with Crippen LogP contribution in [0.15, 0.2) is 34.7 Å². The van der Waals surface area contributed by atoms with Gasteiger partial charge in [-0.3, -0.25) is 0 Å². The van der Waals surface area contributed by atoms with E-state index < -0.39 is 0 Å². The quantitative estimate of drug-likeness (QED) is 0.939. The van der Waals surface area contributed by atoms with E-state index in [2.05, 4.69) is 45.4 Å². The molecule has 2 heterocycles. The van der Waals surface area contributed by atoms with Crippen LogP contribution >= 0.6 is 12.4 Å². The molecule has 0 aliphatic carbocycles. The van der Waals surface area contributed by atoms with Crippen LogP contribution in [-0.4, -0.2) is 23.3 Å². The number of nitrogens with two attached hydrogens (primary N) is 1. The molecule has 1 aromatic carbocycles. The summed E-state index contributed by atoms with van der Waals surface area (Å²) in [5.74, 6) is 1.25. The number of rotatable bonds is 4. The van der Waals surface area contributed by atoms with Crippen LogP contribution in [-0.2, 0) is 13.0 Å². The highest BCUT2D eigenvalue weighted by Crippen LogP contribution is 2.24. The van der Waals surface area contributed by atoms with E-state index in [1.807, 2.05) is 0 Å². The van der Waals surface area contributed by atoms with Crippen LogP contribution in [0.25, 0.3) is 0 Å². The van der Waals surface area contributed by atoms with Gasteiger partial charge in [0.1, 0.15) is 0 Å². The van der Waals surface area contributed by atoms with Crippen molar-refractivity contribution in [1.29, 1.82) is 0 Å². The first-order valence-corrected chi connectivity index (χ1v) is 7.16. The molecule has 0 amide bonds. The van der Waals surface area contributed by atoms with E-state index in [1.54, 1.807) is 0 Å². The van der Waals surface area contributed by atoms with Crippen molar-refractivity contribution in [3.63, 3.8) is 0 Å². The van der Waals surface area contributed by atoms with Crippen LogP contribution in [0.4, 0.5) is 6.01 Å². The predicted octanol–water partition coefficient (Wildman–Crippen LogP) is 2.41. The van der Waals surface area contributed by atoms with E-state index in [-0.39, 0.29) is 12.4 Å². The number of nitrogens with zero attached hydrogens (tertiary/aromatic N) is 3. The highest BCUT2D eigenvalue weighted by Gasteiger charge is 2.22. The van der Waals surface area contributed by atoms with Crippen molar-refractivity contribution >= 4 is 18.4 Å². The maximum absolute atomic E-state index is 5.50. The fraction of sp³-hybridized carbons (Fsp3) is 0.467. The monoisotopic (exact) mass is 308 g/mol. The molecular formula is C15H21ClN4O. The van der Waals surface area contributed by atoms with Crippen LogP contribution in [0.1, 0.15) is 24.3 Å². The first kappa shape index (κ1) is 15.8. The largest absolute Gasteiger partial charge is 0.407 e.